The summed E-state index contributed by atoms with van der Waals surface area (Å²) in [6, 6.07) is 3.54. The molecule has 1 N–H and O–H groups in total. The van der Waals surface area contributed by atoms with E-state index in [0.717, 1.165) is 0 Å². The Bertz CT molecular complexity index is 728. The highest BCUT2D eigenvalue weighted by molar-refractivity contribution is 6.28. The number of esters is 1. The van der Waals surface area contributed by atoms with Crippen LogP contribution in [0.2, 0.25) is 5.28 Å². The van der Waals surface area contributed by atoms with Gasteiger partial charge in [-0.2, -0.15) is 5.26 Å². The predicted octanol–water partition coefficient (Wildman–Crippen LogP) is 2.74. The number of nitriles is 1. The number of aryl methyl sites for hydroxylation is 2. The van der Waals surface area contributed by atoms with Crippen LogP contribution in [0.3, 0.4) is 0 Å². The van der Waals surface area contributed by atoms with Gasteiger partial charge in [-0.05, 0) is 25.4 Å². The Morgan fingerprint density at radius 1 is 1.48 bits per heavy atom. The molecule has 0 aliphatic heterocycles. The maximum absolute atomic E-state index is 11.7. The highest BCUT2D eigenvalue weighted by atomic mass is 35.5. The van der Waals surface area contributed by atoms with Crippen LogP contribution < -0.4 is 5.32 Å². The summed E-state index contributed by atoms with van der Waals surface area (Å²) >= 11 is 5.77. The van der Waals surface area contributed by atoms with E-state index in [2.05, 4.69) is 20.0 Å². The van der Waals surface area contributed by atoms with Crippen LogP contribution in [0.4, 0.5) is 11.7 Å². The lowest BCUT2D eigenvalue weighted by atomic mass is 10.1. The van der Waals surface area contributed by atoms with E-state index in [1.165, 1.54) is 7.11 Å². The molecule has 21 heavy (non-hydrogen) atoms. The summed E-state index contributed by atoms with van der Waals surface area (Å²) in [7, 11) is 1.23. The van der Waals surface area contributed by atoms with Gasteiger partial charge in [0, 0.05) is 11.8 Å². The Hall–Kier alpha value is -2.59. The molecule has 0 spiro atoms. The first-order valence-corrected chi connectivity index (χ1v) is 6.24. The summed E-state index contributed by atoms with van der Waals surface area (Å²) in [6.45, 7) is 3.31. The molecule has 108 valence electrons. The number of hydrogen-bond donors (Lipinski definition) is 1. The van der Waals surface area contributed by atoms with Crippen LogP contribution in [0.5, 0.6) is 0 Å². The fraction of sp³-hybridized carbons (Fsp3) is 0.231. The minimum atomic E-state index is -0.641. The number of halogens is 1. The third-order valence-electron chi connectivity index (χ3n) is 2.65. The van der Waals surface area contributed by atoms with Crippen LogP contribution in [-0.4, -0.2) is 23.0 Å². The molecule has 0 radical (unpaired) electrons. The number of rotatable bonds is 3. The van der Waals surface area contributed by atoms with Gasteiger partial charge >= 0.3 is 5.97 Å². The van der Waals surface area contributed by atoms with E-state index in [1.807, 2.05) is 6.07 Å². The van der Waals surface area contributed by atoms with E-state index in [1.54, 1.807) is 19.9 Å². The van der Waals surface area contributed by atoms with Crippen molar-refractivity contribution >= 4 is 29.3 Å². The van der Waals surface area contributed by atoms with Crippen LogP contribution in [0.25, 0.3) is 0 Å². The van der Waals surface area contributed by atoms with Gasteiger partial charge in [-0.15, -0.1) is 0 Å². The van der Waals surface area contributed by atoms with Crippen molar-refractivity contribution < 1.29 is 13.9 Å². The number of aromatic nitrogens is 2. The van der Waals surface area contributed by atoms with Gasteiger partial charge in [0.15, 0.2) is 0 Å². The summed E-state index contributed by atoms with van der Waals surface area (Å²) in [5, 5.41) is 12.1. The second-order valence-electron chi connectivity index (χ2n) is 4.13. The smallest absolute Gasteiger partial charge is 0.342 e. The van der Waals surface area contributed by atoms with Gasteiger partial charge in [-0.1, -0.05) is 0 Å². The highest BCUT2D eigenvalue weighted by Crippen LogP contribution is 2.29. The zero-order valence-electron chi connectivity index (χ0n) is 11.5. The van der Waals surface area contributed by atoms with Crippen molar-refractivity contribution in [2.75, 3.05) is 12.4 Å². The number of carbonyl (C=O) groups is 1. The largest absolute Gasteiger partial charge is 0.465 e. The molecule has 0 fully saturated rings. The molecule has 0 aromatic carbocycles. The number of carbonyl (C=O) groups excluding carboxylic acids is 1. The fourth-order valence-electron chi connectivity index (χ4n) is 1.80. The molecule has 8 heteroatoms. The Balaban J connectivity index is 2.46. The third-order valence-corrected chi connectivity index (χ3v) is 2.82. The number of furan rings is 1. The minimum absolute atomic E-state index is 0.0479. The number of nitrogens with one attached hydrogen (secondary N) is 1. The summed E-state index contributed by atoms with van der Waals surface area (Å²) in [5.74, 6) is 0.0919. The molecule has 0 bridgehead atoms. The number of hydrogen-bond acceptors (Lipinski definition) is 7. The molecule has 0 aliphatic rings. The standard InChI is InChI=1S/C13H11ClN4O3/c1-6-4-9(18-13(14)16-6)17-11-8(5-15)10(7(2)21-11)12(19)20-3/h4H,1-3H3,(H,16,17,18). The van der Waals surface area contributed by atoms with Crippen molar-refractivity contribution in [1.29, 1.82) is 5.26 Å². The lowest BCUT2D eigenvalue weighted by molar-refractivity contribution is 0.0598. The number of nitrogens with zero attached hydrogens (tertiary/aromatic N) is 3. The van der Waals surface area contributed by atoms with Crippen LogP contribution in [0, 0.1) is 25.2 Å². The Morgan fingerprint density at radius 2 is 2.19 bits per heavy atom. The molecular weight excluding hydrogens is 296 g/mol. The first kappa shape index (κ1) is 14.8. The topological polar surface area (TPSA) is 101 Å². The molecule has 0 amide bonds. The maximum Gasteiger partial charge on any atom is 0.342 e. The van der Waals surface area contributed by atoms with Gasteiger partial charge in [0.25, 0.3) is 0 Å². The fourth-order valence-corrected chi connectivity index (χ4v) is 2.02. The molecule has 0 saturated heterocycles. The van der Waals surface area contributed by atoms with Gasteiger partial charge in [0.05, 0.1) is 7.11 Å². The van der Waals surface area contributed by atoms with Crippen molar-refractivity contribution in [3.8, 4) is 6.07 Å². The SMILES string of the molecule is COC(=O)c1c(C)oc(Nc2cc(C)nc(Cl)n2)c1C#N. The Labute approximate surface area is 125 Å². The summed E-state index contributed by atoms with van der Waals surface area (Å²) in [6.07, 6.45) is 0. The quantitative estimate of drug-likeness (QED) is 0.687. The zero-order valence-corrected chi connectivity index (χ0v) is 12.3. The molecule has 2 aromatic rings. The van der Waals surface area contributed by atoms with Crippen LogP contribution in [0.1, 0.15) is 27.4 Å². The van der Waals surface area contributed by atoms with Gasteiger partial charge in [0.2, 0.25) is 11.2 Å². The van der Waals surface area contributed by atoms with Crippen molar-refractivity contribution in [2.45, 2.75) is 13.8 Å². The number of anilines is 2. The number of methoxy groups -OCH3 is 1. The molecule has 0 saturated carbocycles. The predicted molar refractivity (Wildman–Crippen MR) is 74.6 cm³/mol. The molecule has 2 heterocycles. The summed E-state index contributed by atoms with van der Waals surface area (Å²) in [4.78, 5) is 19.6. The number of ether oxygens (including phenoxy) is 1. The van der Waals surface area contributed by atoms with E-state index in [-0.39, 0.29) is 28.1 Å². The molecule has 2 aromatic heterocycles. The Kier molecular flexibility index (Phi) is 4.10. The molecule has 2 rings (SSSR count). The first-order valence-electron chi connectivity index (χ1n) is 5.86. The molecular formula is C13H11ClN4O3. The molecule has 0 unspecified atom stereocenters. The van der Waals surface area contributed by atoms with Crippen molar-refractivity contribution in [2.24, 2.45) is 0 Å². The van der Waals surface area contributed by atoms with Crippen molar-refractivity contribution in [1.82, 2.24) is 9.97 Å². The highest BCUT2D eigenvalue weighted by Gasteiger charge is 2.24. The second-order valence-corrected chi connectivity index (χ2v) is 4.47. The average molecular weight is 307 g/mol. The maximum atomic E-state index is 11.7. The van der Waals surface area contributed by atoms with E-state index in [4.69, 9.17) is 16.0 Å². The summed E-state index contributed by atoms with van der Waals surface area (Å²) < 4.78 is 10.0. The van der Waals surface area contributed by atoms with Gasteiger partial charge < -0.3 is 14.5 Å². The van der Waals surface area contributed by atoms with E-state index in [9.17, 15) is 10.1 Å². The zero-order chi connectivity index (χ0) is 15.6. The van der Waals surface area contributed by atoms with Crippen molar-refractivity contribution in [3.05, 3.63) is 33.9 Å². The van der Waals surface area contributed by atoms with E-state index < -0.39 is 5.97 Å². The van der Waals surface area contributed by atoms with Crippen molar-refractivity contribution in [3.63, 3.8) is 0 Å². The summed E-state index contributed by atoms with van der Waals surface area (Å²) in [5.41, 5.74) is 0.776. The minimum Gasteiger partial charge on any atom is -0.465 e. The molecule has 0 aliphatic carbocycles. The van der Waals surface area contributed by atoms with Gasteiger partial charge in [-0.3, -0.25) is 0 Å². The lowest BCUT2D eigenvalue weighted by Crippen LogP contribution is -2.04. The van der Waals surface area contributed by atoms with E-state index >= 15 is 0 Å². The molecule has 7 nitrogen and oxygen atoms in total. The monoisotopic (exact) mass is 306 g/mol. The van der Waals surface area contributed by atoms with Crippen LogP contribution >= 0.6 is 11.6 Å². The van der Waals surface area contributed by atoms with E-state index in [0.29, 0.717) is 11.5 Å². The molecule has 0 atom stereocenters. The van der Waals surface area contributed by atoms with Gasteiger partial charge in [0.1, 0.15) is 28.8 Å². The van der Waals surface area contributed by atoms with Crippen LogP contribution in [0.15, 0.2) is 10.5 Å². The van der Waals surface area contributed by atoms with Gasteiger partial charge in [-0.25, -0.2) is 14.8 Å². The third kappa shape index (κ3) is 2.95. The average Bonchev–Trinajstić information content (AvgIpc) is 2.72. The first-order chi connectivity index (χ1) is 9.96. The van der Waals surface area contributed by atoms with Crippen LogP contribution in [-0.2, 0) is 4.74 Å². The lowest BCUT2D eigenvalue weighted by Gasteiger charge is -2.03. The second kappa shape index (κ2) is 5.81. The normalized spacial score (nSPS) is 10.0. The Morgan fingerprint density at radius 3 is 2.76 bits per heavy atom.